The first-order chi connectivity index (χ1) is 9.87. The van der Waals surface area contributed by atoms with E-state index in [2.05, 4.69) is 5.32 Å². The summed E-state index contributed by atoms with van der Waals surface area (Å²) in [5, 5.41) is 2.79. The van der Waals surface area contributed by atoms with Gasteiger partial charge in [0.05, 0.1) is 5.54 Å². The molecule has 0 radical (unpaired) electrons. The van der Waals surface area contributed by atoms with Gasteiger partial charge < -0.3 is 5.32 Å². The van der Waals surface area contributed by atoms with Gasteiger partial charge in [-0.3, -0.25) is 9.59 Å². The molecule has 0 fully saturated rings. The number of rotatable bonds is 4. The molecule has 1 rings (SSSR count). The molecule has 1 amide bonds. The number of Topliss-reactive ketones (excluding diaryl/α,β-unsaturated/α-hetero) is 1. The highest BCUT2D eigenvalue weighted by Gasteiger charge is 2.44. The van der Waals surface area contributed by atoms with Crippen LogP contribution in [0.25, 0.3) is 0 Å². The summed E-state index contributed by atoms with van der Waals surface area (Å²) < 4.78 is 37.8. The van der Waals surface area contributed by atoms with Gasteiger partial charge in [0, 0.05) is 12.8 Å². The van der Waals surface area contributed by atoms with Crippen LogP contribution < -0.4 is 5.32 Å². The first-order valence-corrected chi connectivity index (χ1v) is 7.17. The molecule has 3 unspecified atom stereocenters. The summed E-state index contributed by atoms with van der Waals surface area (Å²) >= 11 is 0. The summed E-state index contributed by atoms with van der Waals surface area (Å²) in [7, 11) is 0. The van der Waals surface area contributed by atoms with Gasteiger partial charge in [-0.1, -0.05) is 31.6 Å². The second-order valence-corrected chi connectivity index (χ2v) is 6.23. The van der Waals surface area contributed by atoms with Crippen molar-refractivity contribution in [3.63, 3.8) is 0 Å². The summed E-state index contributed by atoms with van der Waals surface area (Å²) in [4.78, 5) is 22.7. The van der Waals surface area contributed by atoms with Crippen molar-refractivity contribution >= 4 is 11.7 Å². The van der Waals surface area contributed by atoms with Gasteiger partial charge >= 0.3 is 6.18 Å². The zero-order valence-electron chi connectivity index (χ0n) is 13.5. The summed E-state index contributed by atoms with van der Waals surface area (Å²) in [5.41, 5.74) is 0.875. The number of allylic oxidation sites excluding steroid dienone is 2. The molecule has 0 saturated carbocycles. The maximum atomic E-state index is 12.6. The number of carbonyl (C=O) groups excluding carboxylic acids is 2. The van der Waals surface area contributed by atoms with E-state index >= 15 is 0 Å². The van der Waals surface area contributed by atoms with Gasteiger partial charge in [0.1, 0.15) is 0 Å². The Morgan fingerprint density at radius 2 is 1.86 bits per heavy atom. The predicted molar refractivity (Wildman–Crippen MR) is 78.1 cm³/mol. The largest absolute Gasteiger partial charge is 0.450 e. The topological polar surface area (TPSA) is 46.2 Å². The van der Waals surface area contributed by atoms with Crippen LogP contribution >= 0.6 is 0 Å². The standard InChI is InChI=1S/C16H22F3NO2/c1-9-6-7-15(5,20-12(4)21)8-13(9)10(2)11(3)14(22)16(17,18)19/h6,8,10-11H,7H2,1-5H3,(H,20,21). The molecule has 3 atom stereocenters. The highest BCUT2D eigenvalue weighted by molar-refractivity contribution is 5.86. The normalized spacial score (nSPS) is 24.9. The molecule has 0 saturated heterocycles. The maximum absolute atomic E-state index is 12.6. The van der Waals surface area contributed by atoms with E-state index in [4.69, 9.17) is 0 Å². The van der Waals surface area contributed by atoms with Gasteiger partial charge in [-0.15, -0.1) is 0 Å². The van der Waals surface area contributed by atoms with Gasteiger partial charge in [0.15, 0.2) is 0 Å². The van der Waals surface area contributed by atoms with Crippen LogP contribution in [0.1, 0.15) is 41.0 Å². The molecule has 124 valence electrons. The van der Waals surface area contributed by atoms with E-state index in [0.29, 0.717) is 12.0 Å². The fraction of sp³-hybridized carbons (Fsp3) is 0.625. The quantitative estimate of drug-likeness (QED) is 0.862. The zero-order chi connectivity index (χ0) is 17.3. The van der Waals surface area contributed by atoms with E-state index in [1.807, 2.05) is 6.08 Å². The summed E-state index contributed by atoms with van der Waals surface area (Å²) in [6.07, 6.45) is -0.612. The summed E-state index contributed by atoms with van der Waals surface area (Å²) in [5.74, 6) is -3.69. The van der Waals surface area contributed by atoms with Crippen LogP contribution in [0.5, 0.6) is 0 Å². The molecule has 0 bridgehead atoms. The zero-order valence-corrected chi connectivity index (χ0v) is 13.5. The predicted octanol–water partition coefficient (Wildman–Crippen LogP) is 3.56. The van der Waals surface area contributed by atoms with E-state index in [1.54, 1.807) is 26.8 Å². The first kappa shape index (κ1) is 18.5. The van der Waals surface area contributed by atoms with Crippen molar-refractivity contribution in [1.82, 2.24) is 5.32 Å². The van der Waals surface area contributed by atoms with Crippen molar-refractivity contribution < 1.29 is 22.8 Å². The lowest BCUT2D eigenvalue weighted by molar-refractivity contribution is -0.176. The number of hydrogen-bond donors (Lipinski definition) is 1. The lowest BCUT2D eigenvalue weighted by Gasteiger charge is -2.34. The van der Waals surface area contributed by atoms with Crippen LogP contribution in [0.3, 0.4) is 0 Å². The lowest BCUT2D eigenvalue weighted by Crippen LogP contribution is -2.45. The molecule has 0 spiro atoms. The van der Waals surface area contributed by atoms with E-state index < -0.39 is 29.3 Å². The molecule has 6 heteroatoms. The van der Waals surface area contributed by atoms with Crippen LogP contribution in [0, 0.1) is 11.8 Å². The van der Waals surface area contributed by atoms with Crippen molar-refractivity contribution in [2.75, 3.05) is 0 Å². The van der Waals surface area contributed by atoms with Crippen LogP contribution in [-0.4, -0.2) is 23.4 Å². The van der Waals surface area contributed by atoms with Gasteiger partial charge in [0.2, 0.25) is 11.7 Å². The minimum atomic E-state index is -4.83. The number of alkyl halides is 3. The highest BCUT2D eigenvalue weighted by atomic mass is 19.4. The number of amides is 1. The monoisotopic (exact) mass is 317 g/mol. The van der Waals surface area contributed by atoms with Gasteiger partial charge in [-0.25, -0.2) is 0 Å². The molecule has 1 N–H and O–H groups in total. The fourth-order valence-electron chi connectivity index (χ4n) is 2.73. The van der Waals surface area contributed by atoms with Crippen molar-refractivity contribution in [3.05, 3.63) is 23.3 Å². The molecule has 1 aliphatic rings. The maximum Gasteiger partial charge on any atom is 0.450 e. The smallest absolute Gasteiger partial charge is 0.347 e. The van der Waals surface area contributed by atoms with Crippen molar-refractivity contribution in [3.8, 4) is 0 Å². The first-order valence-electron chi connectivity index (χ1n) is 7.17. The number of ketones is 1. The van der Waals surface area contributed by atoms with E-state index in [1.165, 1.54) is 13.8 Å². The lowest BCUT2D eigenvalue weighted by atomic mass is 9.76. The third-order valence-electron chi connectivity index (χ3n) is 4.16. The van der Waals surface area contributed by atoms with Crippen molar-refractivity contribution in [2.45, 2.75) is 52.8 Å². The molecular formula is C16H22F3NO2. The second-order valence-electron chi connectivity index (χ2n) is 6.23. The average Bonchev–Trinajstić information content (AvgIpc) is 2.37. The molecule has 0 aromatic rings. The SMILES string of the molecule is CC(=O)NC1(C)C=C(C(C)C(C)C(=O)C(F)(F)F)C(C)=CC1. The molecule has 3 nitrogen and oxygen atoms in total. The Morgan fingerprint density at radius 1 is 1.32 bits per heavy atom. The van der Waals surface area contributed by atoms with Gasteiger partial charge in [-0.05, 0) is 31.8 Å². The molecular weight excluding hydrogens is 295 g/mol. The van der Waals surface area contributed by atoms with Crippen LogP contribution in [0.4, 0.5) is 13.2 Å². The number of halogens is 3. The molecule has 0 heterocycles. The van der Waals surface area contributed by atoms with E-state index in [-0.39, 0.29) is 5.91 Å². The molecule has 0 aromatic heterocycles. The molecule has 0 aromatic carbocycles. The molecule has 1 aliphatic carbocycles. The van der Waals surface area contributed by atoms with Crippen LogP contribution in [-0.2, 0) is 9.59 Å². The van der Waals surface area contributed by atoms with E-state index in [0.717, 1.165) is 5.57 Å². The third kappa shape index (κ3) is 4.21. The van der Waals surface area contributed by atoms with E-state index in [9.17, 15) is 22.8 Å². The average molecular weight is 317 g/mol. The minimum absolute atomic E-state index is 0.210. The summed E-state index contributed by atoms with van der Waals surface area (Å²) in [6, 6.07) is 0. The Morgan fingerprint density at radius 3 is 2.32 bits per heavy atom. The molecule has 0 aliphatic heterocycles. The Bertz CT molecular complexity index is 534. The highest BCUT2D eigenvalue weighted by Crippen LogP contribution is 2.36. The molecule has 22 heavy (non-hydrogen) atoms. The number of nitrogens with one attached hydrogen (secondary N) is 1. The summed E-state index contributed by atoms with van der Waals surface area (Å²) in [6.45, 7) is 7.90. The van der Waals surface area contributed by atoms with Crippen LogP contribution in [0.15, 0.2) is 23.3 Å². The minimum Gasteiger partial charge on any atom is -0.347 e. The Kier molecular flexibility index (Phi) is 5.25. The Hall–Kier alpha value is -1.59. The fourth-order valence-corrected chi connectivity index (χ4v) is 2.73. The van der Waals surface area contributed by atoms with Gasteiger partial charge in [0.25, 0.3) is 0 Å². The van der Waals surface area contributed by atoms with Crippen molar-refractivity contribution in [1.29, 1.82) is 0 Å². The third-order valence-corrected chi connectivity index (χ3v) is 4.16. The van der Waals surface area contributed by atoms with Crippen molar-refractivity contribution in [2.24, 2.45) is 11.8 Å². The Labute approximate surface area is 128 Å². The Balaban J connectivity index is 3.08. The number of hydrogen-bond acceptors (Lipinski definition) is 2. The second kappa shape index (κ2) is 6.26. The number of carbonyl (C=O) groups is 2. The van der Waals surface area contributed by atoms with Gasteiger partial charge in [-0.2, -0.15) is 13.2 Å². The van der Waals surface area contributed by atoms with Crippen LogP contribution in [0.2, 0.25) is 0 Å².